The molecule has 0 amide bonds. The zero-order valence-corrected chi connectivity index (χ0v) is 17.8. The maximum atomic E-state index is 6.01. The number of halogens is 1. The van der Waals surface area contributed by atoms with Gasteiger partial charge < -0.3 is 14.8 Å². The van der Waals surface area contributed by atoms with Crippen molar-refractivity contribution in [3.05, 3.63) is 57.2 Å². The highest BCUT2D eigenvalue weighted by atomic mass is 127. The number of hydrogen-bond donors (Lipinski definition) is 2. The molecule has 0 aliphatic heterocycles. The fourth-order valence-corrected chi connectivity index (χ4v) is 3.14. The molecule has 2 N–H and O–H groups in total. The van der Waals surface area contributed by atoms with E-state index in [0.29, 0.717) is 24.1 Å². The van der Waals surface area contributed by atoms with Crippen LogP contribution in [0.4, 0.5) is 0 Å². The van der Waals surface area contributed by atoms with Crippen molar-refractivity contribution in [3.8, 4) is 11.5 Å². The van der Waals surface area contributed by atoms with Crippen molar-refractivity contribution in [1.82, 2.24) is 10.7 Å². The molecule has 0 heterocycles. The third-order valence-electron chi connectivity index (χ3n) is 3.27. The van der Waals surface area contributed by atoms with E-state index in [9.17, 15) is 0 Å². The summed E-state index contributed by atoms with van der Waals surface area (Å²) < 4.78 is 12.7. The Morgan fingerprint density at radius 2 is 1.96 bits per heavy atom. The number of nitrogens with zero attached hydrogens (tertiary/aromatic N) is 1. The summed E-state index contributed by atoms with van der Waals surface area (Å²) in [5, 5.41) is 7.62. The van der Waals surface area contributed by atoms with Crippen molar-refractivity contribution in [1.29, 1.82) is 0 Å². The first kappa shape index (κ1) is 20.4. The Labute approximate surface area is 173 Å². The van der Waals surface area contributed by atoms with Gasteiger partial charge in [0.15, 0.2) is 16.6 Å². The van der Waals surface area contributed by atoms with Gasteiger partial charge in [-0.15, -0.1) is 0 Å². The average molecular weight is 483 g/mol. The molecule has 0 unspecified atom stereocenters. The monoisotopic (exact) mass is 483 g/mol. The van der Waals surface area contributed by atoms with Crippen LogP contribution in [0.5, 0.6) is 11.5 Å². The van der Waals surface area contributed by atoms with Crippen molar-refractivity contribution in [3.63, 3.8) is 0 Å². The number of rotatable bonds is 8. The third-order valence-corrected chi connectivity index (χ3v) is 4.31. The summed E-state index contributed by atoms with van der Waals surface area (Å²) in [4.78, 5) is 0. The minimum Gasteiger partial charge on any atom is -0.490 e. The number of thiocarbonyl (C=S) groups is 1. The van der Waals surface area contributed by atoms with E-state index in [1.54, 1.807) is 6.21 Å². The molecule has 0 saturated heterocycles. The smallest absolute Gasteiger partial charge is 0.186 e. The van der Waals surface area contributed by atoms with Crippen LogP contribution in [0.25, 0.3) is 0 Å². The highest BCUT2D eigenvalue weighted by Crippen LogP contribution is 2.34. The van der Waals surface area contributed by atoms with Crippen molar-refractivity contribution in [2.75, 3.05) is 13.2 Å². The fourth-order valence-electron chi connectivity index (χ4n) is 2.16. The Kier molecular flexibility index (Phi) is 8.63. The van der Waals surface area contributed by atoms with Gasteiger partial charge in [-0.1, -0.05) is 30.3 Å². The highest BCUT2D eigenvalue weighted by Gasteiger charge is 2.12. The van der Waals surface area contributed by atoms with E-state index in [4.69, 9.17) is 21.7 Å². The van der Waals surface area contributed by atoms with E-state index in [2.05, 4.69) is 38.4 Å². The molecule has 0 fully saturated rings. The minimum absolute atomic E-state index is 0.489. The van der Waals surface area contributed by atoms with E-state index in [1.807, 2.05) is 56.3 Å². The van der Waals surface area contributed by atoms with Crippen molar-refractivity contribution in [2.24, 2.45) is 5.10 Å². The molecule has 0 spiro atoms. The molecule has 7 heteroatoms. The summed E-state index contributed by atoms with van der Waals surface area (Å²) >= 11 is 7.33. The summed E-state index contributed by atoms with van der Waals surface area (Å²) in [6, 6.07) is 14.0. The molecule has 2 aromatic carbocycles. The van der Waals surface area contributed by atoms with Crippen molar-refractivity contribution in [2.45, 2.75) is 20.5 Å². The van der Waals surface area contributed by atoms with Crippen LogP contribution in [0.15, 0.2) is 47.6 Å². The molecule has 0 aliphatic carbocycles. The second-order valence-electron chi connectivity index (χ2n) is 5.27. The van der Waals surface area contributed by atoms with Gasteiger partial charge in [0, 0.05) is 6.54 Å². The maximum Gasteiger partial charge on any atom is 0.186 e. The molecule has 0 saturated carbocycles. The van der Waals surface area contributed by atoms with Gasteiger partial charge in [-0.3, -0.25) is 5.43 Å². The molecule has 2 rings (SSSR count). The lowest BCUT2D eigenvalue weighted by Crippen LogP contribution is -2.31. The first-order valence-corrected chi connectivity index (χ1v) is 9.82. The first-order valence-electron chi connectivity index (χ1n) is 8.34. The molecule has 138 valence electrons. The van der Waals surface area contributed by atoms with E-state index >= 15 is 0 Å². The van der Waals surface area contributed by atoms with Gasteiger partial charge in [0.2, 0.25) is 0 Å². The SMILES string of the molecule is CCNC(=S)N/N=C\c1cc(I)c(OCc2ccccc2)c(OCC)c1. The zero-order chi connectivity index (χ0) is 18.8. The van der Waals surface area contributed by atoms with Crippen LogP contribution in [-0.4, -0.2) is 24.5 Å². The average Bonchev–Trinajstić information content (AvgIpc) is 2.62. The third kappa shape index (κ3) is 6.45. The second kappa shape index (κ2) is 11.0. The molecular formula is C19H22IN3O2S. The van der Waals surface area contributed by atoms with Gasteiger partial charge in [0.25, 0.3) is 0 Å². The van der Waals surface area contributed by atoms with Crippen molar-refractivity contribution < 1.29 is 9.47 Å². The predicted molar refractivity (Wildman–Crippen MR) is 118 cm³/mol. The Morgan fingerprint density at radius 1 is 1.19 bits per heavy atom. The molecule has 0 aliphatic rings. The summed E-state index contributed by atoms with van der Waals surface area (Å²) in [6.07, 6.45) is 1.70. The number of ether oxygens (including phenoxy) is 2. The number of benzene rings is 2. The lowest BCUT2D eigenvalue weighted by atomic mass is 10.2. The van der Waals surface area contributed by atoms with E-state index in [1.165, 1.54) is 0 Å². The van der Waals surface area contributed by atoms with Gasteiger partial charge in [-0.05, 0) is 71.9 Å². The van der Waals surface area contributed by atoms with Gasteiger partial charge >= 0.3 is 0 Å². The van der Waals surface area contributed by atoms with Crippen molar-refractivity contribution >= 4 is 46.1 Å². The Hall–Kier alpha value is -1.87. The van der Waals surface area contributed by atoms with Gasteiger partial charge in [0.05, 0.1) is 16.4 Å². The number of nitrogens with one attached hydrogen (secondary N) is 2. The summed E-state index contributed by atoms with van der Waals surface area (Å²) in [5.74, 6) is 1.44. The van der Waals surface area contributed by atoms with E-state index in [-0.39, 0.29) is 0 Å². The minimum atomic E-state index is 0.489. The zero-order valence-electron chi connectivity index (χ0n) is 14.8. The quantitative estimate of drug-likeness (QED) is 0.257. The van der Waals surface area contributed by atoms with Crippen LogP contribution in [-0.2, 0) is 6.61 Å². The highest BCUT2D eigenvalue weighted by molar-refractivity contribution is 14.1. The standard InChI is InChI=1S/C19H22IN3O2S/c1-3-21-19(26)23-22-12-15-10-16(20)18(17(11-15)24-4-2)25-13-14-8-6-5-7-9-14/h5-12H,3-4,13H2,1-2H3,(H2,21,23,26)/b22-12-. The molecule has 0 radical (unpaired) electrons. The molecule has 0 bridgehead atoms. The summed E-state index contributed by atoms with van der Waals surface area (Å²) in [5.41, 5.74) is 4.79. The van der Waals surface area contributed by atoms with Crippen LogP contribution < -0.4 is 20.2 Å². The van der Waals surface area contributed by atoms with Crippen LogP contribution in [0.2, 0.25) is 0 Å². The van der Waals surface area contributed by atoms with Crippen LogP contribution >= 0.6 is 34.8 Å². The first-order chi connectivity index (χ1) is 12.6. The topological polar surface area (TPSA) is 54.9 Å². The molecule has 5 nitrogen and oxygen atoms in total. The van der Waals surface area contributed by atoms with Crippen LogP contribution in [0.1, 0.15) is 25.0 Å². The molecular weight excluding hydrogens is 461 g/mol. The van der Waals surface area contributed by atoms with E-state index in [0.717, 1.165) is 27.0 Å². The van der Waals surface area contributed by atoms with Gasteiger partial charge in [-0.25, -0.2) is 0 Å². The summed E-state index contributed by atoms with van der Waals surface area (Å²) in [7, 11) is 0. The van der Waals surface area contributed by atoms with Crippen LogP contribution in [0.3, 0.4) is 0 Å². The molecule has 26 heavy (non-hydrogen) atoms. The molecule has 0 aromatic heterocycles. The second-order valence-corrected chi connectivity index (χ2v) is 6.84. The fraction of sp³-hybridized carbons (Fsp3) is 0.263. The molecule has 0 atom stereocenters. The Bertz CT molecular complexity index is 754. The molecule has 2 aromatic rings. The lowest BCUT2D eigenvalue weighted by Gasteiger charge is -2.14. The lowest BCUT2D eigenvalue weighted by molar-refractivity contribution is 0.267. The van der Waals surface area contributed by atoms with E-state index < -0.39 is 0 Å². The Morgan fingerprint density at radius 3 is 2.65 bits per heavy atom. The van der Waals surface area contributed by atoms with Gasteiger partial charge in [0.1, 0.15) is 6.61 Å². The normalized spacial score (nSPS) is 10.6. The number of hydrazone groups is 1. The maximum absolute atomic E-state index is 6.01. The van der Waals surface area contributed by atoms with Gasteiger partial charge in [-0.2, -0.15) is 5.10 Å². The largest absolute Gasteiger partial charge is 0.490 e. The van der Waals surface area contributed by atoms with Crippen LogP contribution in [0, 0.1) is 3.57 Å². The number of hydrogen-bond acceptors (Lipinski definition) is 4. The summed E-state index contributed by atoms with van der Waals surface area (Å²) in [6.45, 7) is 5.72. The predicted octanol–water partition coefficient (Wildman–Crippen LogP) is 4.09. The Balaban J connectivity index is 2.13.